The first-order valence-corrected chi connectivity index (χ1v) is 11.3. The quantitative estimate of drug-likeness (QED) is 0.431. The normalized spacial score (nSPS) is 10.5. The Morgan fingerprint density at radius 2 is 1.76 bits per heavy atom. The van der Waals surface area contributed by atoms with Crippen molar-refractivity contribution in [2.75, 3.05) is 25.1 Å². The molecule has 0 aliphatic rings. The number of anilines is 1. The largest absolute Gasteiger partial charge is 0.490 e. The van der Waals surface area contributed by atoms with E-state index < -0.39 is 24.5 Å². The first-order chi connectivity index (χ1) is 16.0. The molecule has 9 nitrogen and oxygen atoms in total. The molecule has 2 N–H and O–H groups in total. The van der Waals surface area contributed by atoms with Crippen molar-refractivity contribution in [3.63, 3.8) is 0 Å². The van der Waals surface area contributed by atoms with E-state index in [-0.39, 0.29) is 6.42 Å². The zero-order valence-electron chi connectivity index (χ0n) is 18.4. The van der Waals surface area contributed by atoms with Crippen LogP contribution in [0.2, 0.25) is 0 Å². The average Bonchev–Trinajstić information content (AvgIpc) is 3.21. The van der Waals surface area contributed by atoms with Crippen molar-refractivity contribution in [3.8, 4) is 11.5 Å². The Balaban J connectivity index is 1.42. The van der Waals surface area contributed by atoms with Gasteiger partial charge < -0.3 is 19.5 Å². The standard InChI is InChI=1S/C23H25N3O6S/c1-3-30-17-10-9-15(13-18(17)31-4-2)24-23(29)26-20(27)14-32-22(28)12-11-21-25-16-7-5-6-8-19(16)33-21/h5-10,13H,3-4,11-12,14H2,1-2H3,(H2,24,26,27,29). The number of hydrogen-bond donors (Lipinski definition) is 2. The minimum Gasteiger partial charge on any atom is -0.490 e. The number of carbonyl (C=O) groups excluding carboxylic acids is 3. The number of para-hydroxylation sites is 1. The Hall–Kier alpha value is -3.66. The highest BCUT2D eigenvalue weighted by Gasteiger charge is 2.14. The summed E-state index contributed by atoms with van der Waals surface area (Å²) in [6, 6.07) is 11.9. The number of amides is 3. The molecule has 3 rings (SSSR count). The molecule has 174 valence electrons. The van der Waals surface area contributed by atoms with Crippen molar-refractivity contribution in [1.29, 1.82) is 0 Å². The van der Waals surface area contributed by atoms with E-state index in [2.05, 4.69) is 15.6 Å². The number of thiazole rings is 1. The van der Waals surface area contributed by atoms with Crippen molar-refractivity contribution in [1.82, 2.24) is 10.3 Å². The summed E-state index contributed by atoms with van der Waals surface area (Å²) in [7, 11) is 0. The Labute approximate surface area is 195 Å². The molecule has 0 saturated carbocycles. The lowest BCUT2D eigenvalue weighted by Crippen LogP contribution is -2.37. The van der Waals surface area contributed by atoms with Gasteiger partial charge in [0, 0.05) is 18.2 Å². The second kappa shape index (κ2) is 11.8. The fraction of sp³-hybridized carbons (Fsp3) is 0.304. The van der Waals surface area contributed by atoms with Crippen LogP contribution in [-0.2, 0) is 20.7 Å². The number of ether oxygens (including phenoxy) is 3. The zero-order chi connectivity index (χ0) is 23.6. The van der Waals surface area contributed by atoms with Crippen LogP contribution in [0.4, 0.5) is 10.5 Å². The first kappa shape index (κ1) is 24.0. The Morgan fingerprint density at radius 3 is 2.52 bits per heavy atom. The molecule has 3 amide bonds. The van der Waals surface area contributed by atoms with E-state index in [0.29, 0.717) is 36.8 Å². The lowest BCUT2D eigenvalue weighted by molar-refractivity contribution is -0.148. The number of aryl methyl sites for hydroxylation is 1. The van der Waals surface area contributed by atoms with Crippen molar-refractivity contribution in [3.05, 3.63) is 47.5 Å². The monoisotopic (exact) mass is 471 g/mol. The number of esters is 1. The van der Waals surface area contributed by atoms with Gasteiger partial charge in [-0.15, -0.1) is 11.3 Å². The van der Waals surface area contributed by atoms with Gasteiger partial charge in [-0.2, -0.15) is 0 Å². The topological polar surface area (TPSA) is 116 Å². The number of benzene rings is 2. The number of nitrogens with zero attached hydrogens (tertiary/aromatic N) is 1. The number of aromatic nitrogens is 1. The Bertz CT molecular complexity index is 1100. The SMILES string of the molecule is CCOc1ccc(NC(=O)NC(=O)COC(=O)CCc2nc3ccccc3s2)cc1OCC. The molecular formula is C23H25N3O6S. The van der Waals surface area contributed by atoms with Crippen LogP contribution in [0.5, 0.6) is 11.5 Å². The first-order valence-electron chi connectivity index (χ1n) is 10.5. The van der Waals surface area contributed by atoms with Crippen LogP contribution in [0.1, 0.15) is 25.3 Å². The second-order valence-electron chi connectivity index (χ2n) is 6.77. The average molecular weight is 472 g/mol. The van der Waals surface area contributed by atoms with Gasteiger partial charge in [0.2, 0.25) is 0 Å². The van der Waals surface area contributed by atoms with Gasteiger partial charge in [-0.25, -0.2) is 9.78 Å². The van der Waals surface area contributed by atoms with Crippen molar-refractivity contribution < 1.29 is 28.6 Å². The second-order valence-corrected chi connectivity index (χ2v) is 7.88. The molecule has 0 fully saturated rings. The molecular weight excluding hydrogens is 446 g/mol. The van der Waals surface area contributed by atoms with E-state index in [1.165, 1.54) is 11.3 Å². The molecule has 0 aliphatic heterocycles. The third kappa shape index (κ3) is 7.18. The predicted octanol–water partition coefficient (Wildman–Crippen LogP) is 3.92. The minimum absolute atomic E-state index is 0.0890. The third-order valence-electron chi connectivity index (χ3n) is 4.30. The molecule has 0 saturated heterocycles. The molecule has 0 spiro atoms. The van der Waals surface area contributed by atoms with Crippen LogP contribution < -0.4 is 20.1 Å². The number of urea groups is 1. The van der Waals surface area contributed by atoms with Crippen LogP contribution in [-0.4, -0.2) is 42.7 Å². The smallest absolute Gasteiger partial charge is 0.325 e. The van der Waals surface area contributed by atoms with E-state index in [9.17, 15) is 14.4 Å². The lowest BCUT2D eigenvalue weighted by Gasteiger charge is -2.13. The molecule has 1 heterocycles. The van der Waals surface area contributed by atoms with Crippen LogP contribution in [0, 0.1) is 0 Å². The molecule has 0 unspecified atom stereocenters. The minimum atomic E-state index is -0.753. The highest BCUT2D eigenvalue weighted by molar-refractivity contribution is 7.18. The fourth-order valence-corrected chi connectivity index (χ4v) is 3.87. The van der Waals surface area contributed by atoms with Gasteiger partial charge in [0.25, 0.3) is 5.91 Å². The number of carbonyl (C=O) groups is 3. The number of imide groups is 1. The van der Waals surface area contributed by atoms with E-state index in [1.54, 1.807) is 18.2 Å². The fourth-order valence-electron chi connectivity index (χ4n) is 2.91. The highest BCUT2D eigenvalue weighted by Crippen LogP contribution is 2.30. The van der Waals surface area contributed by atoms with Crippen molar-refractivity contribution in [2.45, 2.75) is 26.7 Å². The van der Waals surface area contributed by atoms with Gasteiger partial charge in [-0.3, -0.25) is 14.9 Å². The Kier molecular flexibility index (Phi) is 8.59. The van der Waals surface area contributed by atoms with Gasteiger partial charge in [0.05, 0.1) is 34.9 Å². The summed E-state index contributed by atoms with van der Waals surface area (Å²) < 4.78 is 17.0. The molecule has 10 heteroatoms. The summed E-state index contributed by atoms with van der Waals surface area (Å²) in [6.45, 7) is 4.04. The van der Waals surface area contributed by atoms with Crippen LogP contribution in [0.15, 0.2) is 42.5 Å². The highest BCUT2D eigenvalue weighted by atomic mass is 32.1. The summed E-state index contributed by atoms with van der Waals surface area (Å²) in [6.07, 6.45) is 0.506. The summed E-state index contributed by atoms with van der Waals surface area (Å²) in [5.41, 5.74) is 1.30. The van der Waals surface area contributed by atoms with Gasteiger partial charge in [-0.05, 0) is 38.1 Å². The maximum absolute atomic E-state index is 12.1. The summed E-state index contributed by atoms with van der Waals surface area (Å²) in [4.78, 5) is 40.4. The predicted molar refractivity (Wildman–Crippen MR) is 125 cm³/mol. The van der Waals surface area contributed by atoms with E-state index in [0.717, 1.165) is 15.2 Å². The third-order valence-corrected chi connectivity index (χ3v) is 5.40. The van der Waals surface area contributed by atoms with E-state index in [4.69, 9.17) is 14.2 Å². The van der Waals surface area contributed by atoms with E-state index in [1.807, 2.05) is 38.1 Å². The number of nitrogens with one attached hydrogen (secondary N) is 2. The molecule has 0 bridgehead atoms. The molecule has 0 atom stereocenters. The van der Waals surface area contributed by atoms with Gasteiger partial charge >= 0.3 is 12.0 Å². The van der Waals surface area contributed by atoms with Gasteiger partial charge in [0.1, 0.15) is 0 Å². The van der Waals surface area contributed by atoms with E-state index >= 15 is 0 Å². The molecule has 1 aromatic heterocycles. The van der Waals surface area contributed by atoms with Crippen LogP contribution in [0.3, 0.4) is 0 Å². The summed E-state index contributed by atoms with van der Waals surface area (Å²) in [5, 5.41) is 5.47. The number of rotatable bonds is 10. The van der Waals surface area contributed by atoms with Gasteiger partial charge in [-0.1, -0.05) is 12.1 Å². The molecule has 33 heavy (non-hydrogen) atoms. The van der Waals surface area contributed by atoms with Crippen molar-refractivity contribution in [2.24, 2.45) is 0 Å². The molecule has 0 radical (unpaired) electrons. The number of hydrogen-bond acceptors (Lipinski definition) is 8. The maximum atomic E-state index is 12.1. The van der Waals surface area contributed by atoms with Crippen molar-refractivity contribution >= 4 is 45.1 Å². The summed E-state index contributed by atoms with van der Waals surface area (Å²) in [5.74, 6) is -0.251. The Morgan fingerprint density at radius 1 is 1.00 bits per heavy atom. The summed E-state index contributed by atoms with van der Waals surface area (Å²) >= 11 is 1.51. The maximum Gasteiger partial charge on any atom is 0.325 e. The van der Waals surface area contributed by atoms with Crippen LogP contribution >= 0.6 is 11.3 Å². The lowest BCUT2D eigenvalue weighted by atomic mass is 10.2. The molecule has 3 aromatic rings. The number of fused-ring (bicyclic) bond motifs is 1. The molecule has 0 aliphatic carbocycles. The van der Waals surface area contributed by atoms with Crippen LogP contribution in [0.25, 0.3) is 10.2 Å². The zero-order valence-corrected chi connectivity index (χ0v) is 19.2. The molecule has 2 aromatic carbocycles. The van der Waals surface area contributed by atoms with Gasteiger partial charge in [0.15, 0.2) is 18.1 Å².